The largest absolute Gasteiger partial charge is 0.505 e. The monoisotopic (exact) mass is 389 g/mol. The topological polar surface area (TPSA) is 124 Å². The molecule has 0 aliphatic rings. The summed E-state index contributed by atoms with van der Waals surface area (Å²) in [6.07, 6.45) is -0.415. The third-order valence-corrected chi connectivity index (χ3v) is 4.12. The maximum atomic E-state index is 13.3. The van der Waals surface area contributed by atoms with E-state index in [1.165, 1.54) is 36.4 Å². The molecular formula is C20H20FNO6. The standard InChI is InChI=1S/C20H20FNO6/c21-17-11-15(6-9-19(17)25)18(24)3-1-2-13(12-23)10-20(26)14-4-7-16(8-5-14)22(27)28/h1,4-9,11,18,20,23-26H,3,10,12H2/t2?,18-,20-/m1/s1. The molecule has 0 bridgehead atoms. The highest BCUT2D eigenvalue weighted by molar-refractivity contribution is 5.34. The maximum Gasteiger partial charge on any atom is 0.269 e. The molecule has 0 radical (unpaired) electrons. The van der Waals surface area contributed by atoms with Gasteiger partial charge in [-0.15, -0.1) is 5.73 Å². The Morgan fingerprint density at radius 3 is 2.36 bits per heavy atom. The molecule has 0 heterocycles. The predicted octanol–water partition coefficient (Wildman–Crippen LogP) is 3.06. The van der Waals surface area contributed by atoms with Crippen molar-refractivity contribution in [1.29, 1.82) is 0 Å². The Bertz CT molecular complexity index is 890. The number of non-ortho nitro benzene ring substituents is 1. The zero-order valence-electron chi connectivity index (χ0n) is 14.8. The van der Waals surface area contributed by atoms with E-state index in [0.29, 0.717) is 11.1 Å². The number of aromatic hydroxyl groups is 1. The Labute approximate surface area is 160 Å². The molecule has 2 aromatic carbocycles. The highest BCUT2D eigenvalue weighted by atomic mass is 19.1. The van der Waals surface area contributed by atoms with Crippen LogP contribution < -0.4 is 0 Å². The zero-order chi connectivity index (χ0) is 20.7. The van der Waals surface area contributed by atoms with Gasteiger partial charge in [-0.3, -0.25) is 10.1 Å². The Morgan fingerprint density at radius 2 is 1.79 bits per heavy atom. The minimum absolute atomic E-state index is 0.0503. The van der Waals surface area contributed by atoms with Gasteiger partial charge in [0.15, 0.2) is 11.6 Å². The van der Waals surface area contributed by atoms with Gasteiger partial charge in [-0.05, 0) is 47.0 Å². The second-order valence-electron chi connectivity index (χ2n) is 6.14. The highest BCUT2D eigenvalue weighted by Gasteiger charge is 2.13. The normalized spacial score (nSPS) is 12.7. The lowest BCUT2D eigenvalue weighted by Crippen LogP contribution is -2.02. The number of aliphatic hydroxyl groups is 3. The Hall–Kier alpha value is -3.03. The van der Waals surface area contributed by atoms with Crippen LogP contribution in [0.1, 0.15) is 36.2 Å². The van der Waals surface area contributed by atoms with Crippen LogP contribution in [0, 0.1) is 15.9 Å². The molecule has 8 heteroatoms. The quantitative estimate of drug-likeness (QED) is 0.312. The van der Waals surface area contributed by atoms with Gasteiger partial charge in [0.25, 0.3) is 5.69 Å². The maximum absolute atomic E-state index is 13.3. The van der Waals surface area contributed by atoms with Crippen molar-refractivity contribution in [1.82, 2.24) is 0 Å². The van der Waals surface area contributed by atoms with Gasteiger partial charge in [0.2, 0.25) is 0 Å². The first kappa shape index (κ1) is 21.3. The van der Waals surface area contributed by atoms with Gasteiger partial charge in [0, 0.05) is 25.0 Å². The summed E-state index contributed by atoms with van der Waals surface area (Å²) in [5.74, 6) is -1.34. The molecule has 148 valence electrons. The molecule has 0 aromatic heterocycles. The zero-order valence-corrected chi connectivity index (χ0v) is 14.8. The first-order chi connectivity index (χ1) is 13.3. The van der Waals surface area contributed by atoms with Crippen LogP contribution in [0.3, 0.4) is 0 Å². The Kier molecular flexibility index (Phi) is 7.43. The molecule has 28 heavy (non-hydrogen) atoms. The first-order valence-corrected chi connectivity index (χ1v) is 8.44. The van der Waals surface area contributed by atoms with Crippen LogP contribution in [0.2, 0.25) is 0 Å². The van der Waals surface area contributed by atoms with Crippen molar-refractivity contribution in [2.24, 2.45) is 0 Å². The SMILES string of the molecule is O=[N+]([O-])c1ccc([C@H](O)CC(=C=CC[C@@H](O)c2ccc(O)c(F)c2)CO)cc1. The fourth-order valence-electron chi connectivity index (χ4n) is 2.52. The van der Waals surface area contributed by atoms with Gasteiger partial charge in [-0.2, -0.15) is 0 Å². The first-order valence-electron chi connectivity index (χ1n) is 8.44. The average molecular weight is 389 g/mol. The van der Waals surface area contributed by atoms with Crippen LogP contribution in [-0.2, 0) is 0 Å². The molecule has 2 rings (SSSR count). The molecule has 7 nitrogen and oxygen atoms in total. The third-order valence-electron chi connectivity index (χ3n) is 4.12. The van der Waals surface area contributed by atoms with E-state index in [-0.39, 0.29) is 30.7 Å². The summed E-state index contributed by atoms with van der Waals surface area (Å²) >= 11 is 0. The number of nitro benzene ring substituents is 1. The minimum Gasteiger partial charge on any atom is -0.505 e. The van der Waals surface area contributed by atoms with Crippen molar-refractivity contribution in [3.8, 4) is 5.75 Å². The van der Waals surface area contributed by atoms with Crippen LogP contribution in [-0.4, -0.2) is 32.0 Å². The Balaban J connectivity index is 2.03. The van der Waals surface area contributed by atoms with E-state index < -0.39 is 28.7 Å². The molecule has 2 aromatic rings. The number of aliphatic hydroxyl groups excluding tert-OH is 3. The smallest absolute Gasteiger partial charge is 0.269 e. The number of hydrogen-bond donors (Lipinski definition) is 4. The number of hydrogen-bond acceptors (Lipinski definition) is 6. The third kappa shape index (κ3) is 5.73. The fraction of sp³-hybridized carbons (Fsp3) is 0.250. The predicted molar refractivity (Wildman–Crippen MR) is 99.0 cm³/mol. The molecule has 0 saturated carbocycles. The summed E-state index contributed by atoms with van der Waals surface area (Å²) in [6.45, 7) is -0.371. The van der Waals surface area contributed by atoms with E-state index in [2.05, 4.69) is 5.73 Å². The highest BCUT2D eigenvalue weighted by Crippen LogP contribution is 2.24. The lowest BCUT2D eigenvalue weighted by atomic mass is 10.0. The number of rotatable bonds is 8. The van der Waals surface area contributed by atoms with Crippen molar-refractivity contribution in [2.45, 2.75) is 25.0 Å². The summed E-state index contributed by atoms with van der Waals surface area (Å²) in [7, 11) is 0. The van der Waals surface area contributed by atoms with Crippen LogP contribution in [0.15, 0.2) is 59.8 Å². The molecule has 4 N–H and O–H groups in total. The molecule has 0 saturated heterocycles. The van der Waals surface area contributed by atoms with Crippen molar-refractivity contribution >= 4 is 5.69 Å². The lowest BCUT2D eigenvalue weighted by molar-refractivity contribution is -0.384. The average Bonchev–Trinajstić information content (AvgIpc) is 2.69. The van der Waals surface area contributed by atoms with Crippen LogP contribution in [0.5, 0.6) is 5.75 Å². The van der Waals surface area contributed by atoms with Gasteiger partial charge < -0.3 is 20.4 Å². The van der Waals surface area contributed by atoms with Gasteiger partial charge in [0.1, 0.15) is 0 Å². The Morgan fingerprint density at radius 1 is 1.14 bits per heavy atom. The van der Waals surface area contributed by atoms with E-state index in [1.54, 1.807) is 0 Å². The molecule has 0 aliphatic heterocycles. The summed E-state index contributed by atoms with van der Waals surface area (Å²) < 4.78 is 13.3. The molecule has 0 spiro atoms. The number of nitro groups is 1. The van der Waals surface area contributed by atoms with Crippen LogP contribution >= 0.6 is 0 Å². The molecule has 0 amide bonds. The van der Waals surface area contributed by atoms with Crippen LogP contribution in [0.4, 0.5) is 10.1 Å². The molecule has 0 unspecified atom stereocenters. The molecular weight excluding hydrogens is 369 g/mol. The molecule has 0 aliphatic carbocycles. The lowest BCUT2D eigenvalue weighted by Gasteiger charge is -2.11. The second kappa shape index (κ2) is 9.77. The van der Waals surface area contributed by atoms with E-state index in [9.17, 15) is 29.8 Å². The van der Waals surface area contributed by atoms with Gasteiger partial charge in [-0.25, -0.2) is 4.39 Å². The molecule has 0 fully saturated rings. The summed E-state index contributed by atoms with van der Waals surface area (Å²) in [5.41, 5.74) is 3.82. The number of phenolic OH excluding ortho intramolecular Hbond substituents is 1. The van der Waals surface area contributed by atoms with Gasteiger partial charge in [0.05, 0.1) is 23.7 Å². The van der Waals surface area contributed by atoms with Crippen LogP contribution in [0.25, 0.3) is 0 Å². The summed E-state index contributed by atoms with van der Waals surface area (Å²) in [6, 6.07) is 9.00. The van der Waals surface area contributed by atoms with E-state index in [0.717, 1.165) is 12.1 Å². The van der Waals surface area contributed by atoms with E-state index in [4.69, 9.17) is 5.11 Å². The van der Waals surface area contributed by atoms with Crippen molar-refractivity contribution < 1.29 is 29.7 Å². The fourth-order valence-corrected chi connectivity index (χ4v) is 2.52. The number of phenols is 1. The number of benzene rings is 2. The summed E-state index contributed by atoms with van der Waals surface area (Å²) in [4.78, 5) is 10.1. The van der Waals surface area contributed by atoms with Gasteiger partial charge in [-0.1, -0.05) is 6.07 Å². The minimum atomic E-state index is -1.03. The van der Waals surface area contributed by atoms with Crippen molar-refractivity contribution in [3.05, 3.63) is 86.9 Å². The van der Waals surface area contributed by atoms with E-state index >= 15 is 0 Å². The van der Waals surface area contributed by atoms with Crippen molar-refractivity contribution in [2.75, 3.05) is 6.61 Å². The second-order valence-corrected chi connectivity index (χ2v) is 6.14. The molecule has 2 atom stereocenters. The van der Waals surface area contributed by atoms with E-state index in [1.807, 2.05) is 0 Å². The van der Waals surface area contributed by atoms with Gasteiger partial charge >= 0.3 is 0 Å². The number of nitrogens with zero attached hydrogens (tertiary/aromatic N) is 1. The summed E-state index contributed by atoms with van der Waals surface area (Å²) in [5, 5.41) is 49.5. The van der Waals surface area contributed by atoms with Crippen molar-refractivity contribution in [3.63, 3.8) is 0 Å². The number of halogens is 1.